The van der Waals surface area contributed by atoms with Crippen molar-refractivity contribution in [3.05, 3.63) is 89.1 Å². The molecule has 0 heterocycles. The van der Waals surface area contributed by atoms with Crippen LogP contribution in [0.1, 0.15) is 11.1 Å². The summed E-state index contributed by atoms with van der Waals surface area (Å²) in [5.41, 5.74) is 6.32. The molecular weight excluding hydrogens is 358 g/mol. The average molecular weight is 378 g/mol. The summed E-state index contributed by atoms with van der Waals surface area (Å²) < 4.78 is 10.4. The zero-order valence-corrected chi connectivity index (χ0v) is 15.5. The van der Waals surface area contributed by atoms with Crippen molar-refractivity contribution in [3.63, 3.8) is 0 Å². The number of hydrogen-bond acceptors (Lipinski definition) is 7. The second-order valence-corrected chi connectivity index (χ2v) is 5.85. The summed E-state index contributed by atoms with van der Waals surface area (Å²) >= 11 is 0. The van der Waals surface area contributed by atoms with Gasteiger partial charge in [-0.25, -0.2) is 0 Å². The fourth-order valence-corrected chi connectivity index (χ4v) is 2.58. The molecule has 7 heteroatoms. The van der Waals surface area contributed by atoms with Crippen LogP contribution >= 0.6 is 0 Å². The second kappa shape index (κ2) is 8.90. The van der Waals surface area contributed by atoms with E-state index in [0.717, 1.165) is 28.3 Å². The highest BCUT2D eigenvalue weighted by Gasteiger charge is 2.08. The van der Waals surface area contributed by atoms with E-state index in [-0.39, 0.29) is 10.9 Å². The summed E-state index contributed by atoms with van der Waals surface area (Å²) in [5, 5.41) is 24.2. The third-order valence-electron chi connectivity index (χ3n) is 4.11. The molecule has 0 aliphatic carbocycles. The van der Waals surface area contributed by atoms with E-state index in [1.165, 1.54) is 12.1 Å². The number of methoxy groups -OCH3 is 2. The number of rotatable bonds is 7. The molecule has 3 aromatic carbocycles. The lowest BCUT2D eigenvalue weighted by molar-refractivity contribution is 0.296. The van der Waals surface area contributed by atoms with Crippen LogP contribution in [0.15, 0.2) is 77.9 Å². The van der Waals surface area contributed by atoms with Gasteiger partial charge in [-0.2, -0.15) is 5.10 Å². The van der Waals surface area contributed by atoms with E-state index in [2.05, 4.69) is 10.5 Å². The van der Waals surface area contributed by atoms with Crippen molar-refractivity contribution in [3.8, 4) is 11.5 Å². The molecule has 7 nitrogen and oxygen atoms in total. The van der Waals surface area contributed by atoms with Gasteiger partial charge in [0, 0.05) is 11.1 Å². The van der Waals surface area contributed by atoms with Gasteiger partial charge < -0.3 is 19.9 Å². The van der Waals surface area contributed by atoms with Crippen LogP contribution < -0.4 is 20.1 Å². The highest BCUT2D eigenvalue weighted by atomic mass is 16.8. The fourth-order valence-electron chi connectivity index (χ4n) is 2.58. The van der Waals surface area contributed by atoms with Crippen LogP contribution in [0.3, 0.4) is 0 Å². The number of benzene rings is 3. The van der Waals surface area contributed by atoms with Gasteiger partial charge in [0.1, 0.15) is 11.5 Å². The lowest BCUT2D eigenvalue weighted by atomic mass is 10.0. The molecule has 3 rings (SSSR count). The number of nitrogens with zero attached hydrogens (tertiary/aromatic N) is 2. The van der Waals surface area contributed by atoms with Crippen molar-refractivity contribution in [2.24, 2.45) is 5.10 Å². The van der Waals surface area contributed by atoms with E-state index in [0.29, 0.717) is 5.69 Å². The molecule has 0 bridgehead atoms. The molecule has 0 aromatic heterocycles. The molecule has 0 fully saturated rings. The first-order chi connectivity index (χ1) is 13.6. The molecule has 3 aromatic rings. The van der Waals surface area contributed by atoms with Crippen LogP contribution in [0.2, 0.25) is 0 Å². The standard InChI is InChI=1S/C21H20N3O4/c1-27-19-11-3-15(4-12-19)21(16-5-13-20(28-2)14-6-16)23-22-17-7-9-18(10-8-17)24(25)26/h3-14,22,25H,1-2H3/q-1. The molecule has 28 heavy (non-hydrogen) atoms. The van der Waals surface area contributed by atoms with Gasteiger partial charge >= 0.3 is 0 Å². The Hall–Kier alpha value is -3.55. The van der Waals surface area contributed by atoms with E-state index < -0.39 is 0 Å². The third-order valence-corrected chi connectivity index (χ3v) is 4.11. The summed E-state index contributed by atoms with van der Waals surface area (Å²) in [6.07, 6.45) is 0. The SMILES string of the molecule is COc1ccc(C(=NNc2ccc(N([O-])O)cc2)c2ccc(OC)cc2)cc1. The molecule has 0 amide bonds. The van der Waals surface area contributed by atoms with Crippen molar-refractivity contribution < 1.29 is 14.7 Å². The van der Waals surface area contributed by atoms with Crippen LogP contribution in [-0.4, -0.2) is 25.1 Å². The van der Waals surface area contributed by atoms with Crippen LogP contribution in [0.25, 0.3) is 0 Å². The normalized spacial score (nSPS) is 10.1. The molecule has 0 saturated carbocycles. The van der Waals surface area contributed by atoms with Gasteiger partial charge in [-0.1, -0.05) is 0 Å². The van der Waals surface area contributed by atoms with Crippen molar-refractivity contribution >= 4 is 17.1 Å². The Bertz CT molecular complexity index is 872. The lowest BCUT2D eigenvalue weighted by Crippen LogP contribution is -2.08. The zero-order chi connectivity index (χ0) is 19.9. The predicted molar refractivity (Wildman–Crippen MR) is 109 cm³/mol. The van der Waals surface area contributed by atoms with Crippen LogP contribution in [-0.2, 0) is 0 Å². The van der Waals surface area contributed by atoms with Crippen LogP contribution in [0.5, 0.6) is 11.5 Å². The van der Waals surface area contributed by atoms with Gasteiger partial charge in [0.15, 0.2) is 0 Å². The van der Waals surface area contributed by atoms with Gasteiger partial charge in [0.05, 0.1) is 31.3 Å². The summed E-state index contributed by atoms with van der Waals surface area (Å²) in [7, 11) is 3.24. The highest BCUT2D eigenvalue weighted by molar-refractivity contribution is 6.13. The number of hydrazone groups is 1. The Labute approximate surface area is 163 Å². The van der Waals surface area contributed by atoms with E-state index in [1.807, 2.05) is 48.5 Å². The van der Waals surface area contributed by atoms with Gasteiger partial charge in [-0.05, 0) is 72.8 Å². The largest absolute Gasteiger partial charge is 0.733 e. The number of hydrogen-bond donors (Lipinski definition) is 2. The molecule has 0 aliphatic rings. The van der Waals surface area contributed by atoms with Gasteiger partial charge in [0.25, 0.3) is 0 Å². The molecule has 0 atom stereocenters. The van der Waals surface area contributed by atoms with Crippen molar-refractivity contribution in [1.82, 2.24) is 0 Å². The molecule has 0 saturated heterocycles. The highest BCUT2D eigenvalue weighted by Crippen LogP contribution is 2.20. The van der Waals surface area contributed by atoms with E-state index in [1.54, 1.807) is 26.4 Å². The first-order valence-corrected chi connectivity index (χ1v) is 8.49. The summed E-state index contributed by atoms with van der Waals surface area (Å²) in [6, 6.07) is 21.5. The van der Waals surface area contributed by atoms with Gasteiger partial charge in [-0.3, -0.25) is 10.6 Å². The number of nitrogens with one attached hydrogen (secondary N) is 1. The maximum absolute atomic E-state index is 10.9. The zero-order valence-electron chi connectivity index (χ0n) is 15.5. The summed E-state index contributed by atoms with van der Waals surface area (Å²) in [5.74, 6) is 1.51. The third kappa shape index (κ3) is 4.59. The minimum Gasteiger partial charge on any atom is -0.733 e. The Morgan fingerprint density at radius 3 is 1.68 bits per heavy atom. The second-order valence-electron chi connectivity index (χ2n) is 5.85. The summed E-state index contributed by atoms with van der Waals surface area (Å²) in [4.78, 5) is 0. The first kappa shape index (κ1) is 19.2. The fraction of sp³-hybridized carbons (Fsp3) is 0.0952. The first-order valence-electron chi connectivity index (χ1n) is 8.49. The Kier molecular flexibility index (Phi) is 6.11. The molecule has 144 valence electrons. The van der Waals surface area contributed by atoms with Crippen molar-refractivity contribution in [2.75, 3.05) is 24.9 Å². The molecule has 0 spiro atoms. The van der Waals surface area contributed by atoms with E-state index in [9.17, 15) is 5.21 Å². The minimum atomic E-state index is -0.187. The Morgan fingerprint density at radius 2 is 1.29 bits per heavy atom. The molecular formula is C21H20N3O4-. The average Bonchev–Trinajstić information content (AvgIpc) is 2.75. The minimum absolute atomic E-state index is 0.139. The monoisotopic (exact) mass is 378 g/mol. The van der Waals surface area contributed by atoms with Crippen LogP contribution in [0, 0.1) is 5.21 Å². The quantitative estimate of drug-likeness (QED) is 0.472. The molecule has 0 unspecified atom stereocenters. The van der Waals surface area contributed by atoms with Crippen LogP contribution in [0.4, 0.5) is 11.4 Å². The Morgan fingerprint density at radius 1 is 0.821 bits per heavy atom. The maximum atomic E-state index is 10.9. The van der Waals surface area contributed by atoms with E-state index >= 15 is 0 Å². The van der Waals surface area contributed by atoms with Gasteiger partial charge in [0.2, 0.25) is 0 Å². The Balaban J connectivity index is 1.92. The maximum Gasteiger partial charge on any atom is 0.118 e. The van der Waals surface area contributed by atoms with E-state index in [4.69, 9.17) is 14.7 Å². The van der Waals surface area contributed by atoms with Crippen molar-refractivity contribution in [2.45, 2.75) is 0 Å². The number of anilines is 2. The molecule has 0 radical (unpaired) electrons. The summed E-state index contributed by atoms with van der Waals surface area (Å²) in [6.45, 7) is 0. The lowest BCUT2D eigenvalue weighted by Gasteiger charge is -2.21. The molecule has 2 N–H and O–H groups in total. The number of ether oxygens (including phenoxy) is 2. The van der Waals surface area contributed by atoms with Crippen molar-refractivity contribution in [1.29, 1.82) is 0 Å². The van der Waals surface area contributed by atoms with Gasteiger partial charge in [-0.15, -0.1) is 0 Å². The topological polar surface area (TPSA) is 89.4 Å². The smallest absolute Gasteiger partial charge is 0.118 e. The molecule has 0 aliphatic heterocycles. The predicted octanol–water partition coefficient (Wildman–Crippen LogP) is 4.26.